The second kappa shape index (κ2) is 7.64. The SMILES string of the molecule is CCC1CCCCN1C(=O)c1cnc(Nc2ccc(C)cc2C)nc1. The second-order valence-electron chi connectivity index (χ2n) is 6.80. The summed E-state index contributed by atoms with van der Waals surface area (Å²) in [6, 6.07) is 6.53. The number of rotatable bonds is 4. The Labute approximate surface area is 149 Å². The molecule has 1 aromatic carbocycles. The van der Waals surface area contributed by atoms with Crippen LogP contribution in [0.4, 0.5) is 11.6 Å². The number of nitrogens with one attached hydrogen (secondary N) is 1. The highest BCUT2D eigenvalue weighted by atomic mass is 16.2. The van der Waals surface area contributed by atoms with Crippen LogP contribution in [0.2, 0.25) is 0 Å². The monoisotopic (exact) mass is 338 g/mol. The van der Waals surface area contributed by atoms with Gasteiger partial charge in [-0.25, -0.2) is 9.97 Å². The van der Waals surface area contributed by atoms with E-state index in [9.17, 15) is 4.79 Å². The zero-order valence-electron chi connectivity index (χ0n) is 15.2. The number of likely N-dealkylation sites (tertiary alicyclic amines) is 1. The van der Waals surface area contributed by atoms with Crippen molar-refractivity contribution in [3.05, 3.63) is 47.3 Å². The number of hydrogen-bond donors (Lipinski definition) is 1. The summed E-state index contributed by atoms with van der Waals surface area (Å²) < 4.78 is 0. The fraction of sp³-hybridized carbons (Fsp3) is 0.450. The van der Waals surface area contributed by atoms with Gasteiger partial charge in [-0.2, -0.15) is 0 Å². The summed E-state index contributed by atoms with van der Waals surface area (Å²) in [5, 5.41) is 3.22. The Balaban J connectivity index is 1.72. The lowest BCUT2D eigenvalue weighted by atomic mass is 9.99. The third-order valence-corrected chi connectivity index (χ3v) is 4.89. The molecule has 3 rings (SSSR count). The zero-order valence-corrected chi connectivity index (χ0v) is 15.2. The van der Waals surface area contributed by atoms with Gasteiger partial charge in [0, 0.05) is 30.7 Å². The Kier molecular flexibility index (Phi) is 5.31. The Morgan fingerprint density at radius 3 is 2.68 bits per heavy atom. The molecule has 1 saturated heterocycles. The summed E-state index contributed by atoms with van der Waals surface area (Å²) in [6.45, 7) is 7.09. The molecule has 25 heavy (non-hydrogen) atoms. The van der Waals surface area contributed by atoms with Crippen LogP contribution in [0.3, 0.4) is 0 Å². The van der Waals surface area contributed by atoms with Crippen molar-refractivity contribution < 1.29 is 4.79 Å². The van der Waals surface area contributed by atoms with Gasteiger partial charge in [-0.15, -0.1) is 0 Å². The van der Waals surface area contributed by atoms with E-state index in [4.69, 9.17) is 0 Å². The smallest absolute Gasteiger partial charge is 0.257 e. The molecule has 5 nitrogen and oxygen atoms in total. The van der Waals surface area contributed by atoms with E-state index in [0.717, 1.165) is 37.1 Å². The summed E-state index contributed by atoms with van der Waals surface area (Å²) in [4.78, 5) is 23.4. The summed E-state index contributed by atoms with van der Waals surface area (Å²) in [7, 11) is 0. The number of piperidine rings is 1. The highest BCUT2D eigenvalue weighted by Crippen LogP contribution is 2.22. The predicted molar refractivity (Wildman–Crippen MR) is 100 cm³/mol. The highest BCUT2D eigenvalue weighted by Gasteiger charge is 2.26. The van der Waals surface area contributed by atoms with Crippen LogP contribution in [0, 0.1) is 13.8 Å². The number of amides is 1. The van der Waals surface area contributed by atoms with Crippen molar-refractivity contribution >= 4 is 17.5 Å². The van der Waals surface area contributed by atoms with Crippen LogP contribution < -0.4 is 5.32 Å². The van der Waals surface area contributed by atoms with E-state index in [1.165, 1.54) is 12.0 Å². The van der Waals surface area contributed by atoms with E-state index >= 15 is 0 Å². The van der Waals surface area contributed by atoms with Gasteiger partial charge in [-0.05, 0) is 51.2 Å². The Hall–Kier alpha value is -2.43. The quantitative estimate of drug-likeness (QED) is 0.906. The van der Waals surface area contributed by atoms with Gasteiger partial charge in [-0.3, -0.25) is 4.79 Å². The number of hydrogen-bond acceptors (Lipinski definition) is 4. The molecular weight excluding hydrogens is 312 g/mol. The first-order chi connectivity index (χ1) is 12.1. The number of aromatic nitrogens is 2. The van der Waals surface area contributed by atoms with Crippen molar-refractivity contribution in [3.63, 3.8) is 0 Å². The van der Waals surface area contributed by atoms with E-state index in [2.05, 4.69) is 48.2 Å². The molecule has 0 saturated carbocycles. The molecule has 0 radical (unpaired) electrons. The molecule has 2 aromatic rings. The summed E-state index contributed by atoms with van der Waals surface area (Å²) >= 11 is 0. The van der Waals surface area contributed by atoms with Gasteiger partial charge in [-0.1, -0.05) is 24.6 Å². The van der Waals surface area contributed by atoms with Crippen molar-refractivity contribution in [3.8, 4) is 0 Å². The molecule has 0 aliphatic carbocycles. The van der Waals surface area contributed by atoms with Crippen molar-refractivity contribution in [1.82, 2.24) is 14.9 Å². The number of anilines is 2. The standard InChI is InChI=1S/C20H26N4O/c1-4-17-7-5-6-10-24(17)19(25)16-12-21-20(22-13-16)23-18-9-8-14(2)11-15(18)3/h8-9,11-13,17H,4-7,10H2,1-3H3,(H,21,22,23). The van der Waals surface area contributed by atoms with Crippen LogP contribution >= 0.6 is 0 Å². The maximum absolute atomic E-state index is 12.8. The van der Waals surface area contributed by atoms with Crippen molar-refractivity contribution in [2.75, 3.05) is 11.9 Å². The largest absolute Gasteiger partial charge is 0.336 e. The molecule has 132 valence electrons. The van der Waals surface area contributed by atoms with E-state index in [-0.39, 0.29) is 5.91 Å². The average molecular weight is 338 g/mol. The van der Waals surface area contributed by atoms with Gasteiger partial charge < -0.3 is 10.2 Å². The van der Waals surface area contributed by atoms with Crippen LogP contribution in [-0.2, 0) is 0 Å². The third-order valence-electron chi connectivity index (χ3n) is 4.89. The lowest BCUT2D eigenvalue weighted by Crippen LogP contribution is -2.43. The second-order valence-corrected chi connectivity index (χ2v) is 6.80. The highest BCUT2D eigenvalue weighted by molar-refractivity contribution is 5.94. The first-order valence-corrected chi connectivity index (χ1v) is 9.05. The molecule has 5 heteroatoms. The van der Waals surface area contributed by atoms with E-state index < -0.39 is 0 Å². The molecule has 1 aliphatic heterocycles. The van der Waals surface area contributed by atoms with Crippen LogP contribution in [0.5, 0.6) is 0 Å². The molecular formula is C20H26N4O. The van der Waals surface area contributed by atoms with E-state index in [1.807, 2.05) is 11.0 Å². The van der Waals surface area contributed by atoms with Crippen LogP contribution in [0.25, 0.3) is 0 Å². The van der Waals surface area contributed by atoms with Crippen LogP contribution in [0.1, 0.15) is 54.1 Å². The minimum absolute atomic E-state index is 0.0459. The molecule has 1 amide bonds. The first kappa shape index (κ1) is 17.4. The van der Waals surface area contributed by atoms with Crippen molar-refractivity contribution in [2.45, 2.75) is 52.5 Å². The third kappa shape index (κ3) is 3.98. The van der Waals surface area contributed by atoms with Gasteiger partial charge >= 0.3 is 0 Å². The predicted octanol–water partition coefficient (Wildman–Crippen LogP) is 4.24. The number of benzene rings is 1. The topological polar surface area (TPSA) is 58.1 Å². The molecule has 1 unspecified atom stereocenters. The Morgan fingerprint density at radius 1 is 1.24 bits per heavy atom. The van der Waals surface area contributed by atoms with Crippen molar-refractivity contribution in [2.24, 2.45) is 0 Å². The minimum Gasteiger partial charge on any atom is -0.336 e. The maximum Gasteiger partial charge on any atom is 0.257 e. The summed E-state index contributed by atoms with van der Waals surface area (Å²) in [5.74, 6) is 0.554. The van der Waals surface area contributed by atoms with E-state index in [1.54, 1.807) is 12.4 Å². The Bertz CT molecular complexity index is 742. The lowest BCUT2D eigenvalue weighted by molar-refractivity contribution is 0.0607. The molecule has 1 atom stereocenters. The fourth-order valence-electron chi connectivity index (χ4n) is 3.44. The number of carbonyl (C=O) groups excluding carboxylic acids is 1. The fourth-order valence-corrected chi connectivity index (χ4v) is 3.44. The van der Waals surface area contributed by atoms with Crippen LogP contribution in [0.15, 0.2) is 30.6 Å². The van der Waals surface area contributed by atoms with Crippen molar-refractivity contribution in [1.29, 1.82) is 0 Å². The normalized spacial score (nSPS) is 17.4. The first-order valence-electron chi connectivity index (χ1n) is 9.05. The van der Waals surface area contributed by atoms with Gasteiger partial charge in [0.05, 0.1) is 5.56 Å². The number of aryl methyl sites for hydroxylation is 2. The van der Waals surface area contributed by atoms with Gasteiger partial charge in [0.1, 0.15) is 0 Å². The minimum atomic E-state index is 0.0459. The van der Waals surface area contributed by atoms with Crippen LogP contribution in [-0.4, -0.2) is 33.4 Å². The average Bonchev–Trinajstić information content (AvgIpc) is 2.64. The number of nitrogens with zero attached hydrogens (tertiary/aromatic N) is 3. The molecule has 1 aliphatic rings. The molecule has 0 spiro atoms. The van der Waals surface area contributed by atoms with Gasteiger partial charge in [0.25, 0.3) is 5.91 Å². The summed E-state index contributed by atoms with van der Waals surface area (Å²) in [5.41, 5.74) is 3.90. The molecule has 2 heterocycles. The zero-order chi connectivity index (χ0) is 17.8. The number of carbonyl (C=O) groups is 1. The molecule has 0 bridgehead atoms. The molecule has 1 N–H and O–H groups in total. The molecule has 1 fully saturated rings. The summed E-state index contributed by atoms with van der Waals surface area (Å²) in [6.07, 6.45) is 7.63. The molecule has 1 aromatic heterocycles. The van der Waals surface area contributed by atoms with Gasteiger partial charge in [0.2, 0.25) is 5.95 Å². The van der Waals surface area contributed by atoms with E-state index in [0.29, 0.717) is 17.6 Å². The maximum atomic E-state index is 12.8. The van der Waals surface area contributed by atoms with Gasteiger partial charge in [0.15, 0.2) is 0 Å². The lowest BCUT2D eigenvalue weighted by Gasteiger charge is -2.35. The Morgan fingerprint density at radius 2 is 2.00 bits per heavy atom.